The van der Waals surface area contributed by atoms with Crippen molar-refractivity contribution in [1.29, 1.82) is 5.26 Å². The standard InChI is InChI=1S/C16H19N5O/c1-11-7-12(2)9-13(8-11)18-15-14(10-17)16(20-19-15)21-3-5-22-6-4-21/h7-9H,3-6H2,1-2H3,(H2,18,19,20). The molecule has 0 aliphatic carbocycles. The molecule has 0 saturated carbocycles. The fraction of sp³-hybridized carbons (Fsp3) is 0.375. The van der Waals surface area contributed by atoms with Gasteiger partial charge in [-0.2, -0.15) is 10.4 Å². The lowest BCUT2D eigenvalue weighted by molar-refractivity contribution is 0.122. The molecule has 1 aliphatic rings. The van der Waals surface area contributed by atoms with Crippen LogP contribution in [0.4, 0.5) is 17.3 Å². The first-order chi connectivity index (χ1) is 10.7. The minimum absolute atomic E-state index is 0.543. The summed E-state index contributed by atoms with van der Waals surface area (Å²) >= 11 is 0. The zero-order chi connectivity index (χ0) is 15.5. The molecule has 0 amide bonds. The highest BCUT2D eigenvalue weighted by Gasteiger charge is 2.21. The van der Waals surface area contributed by atoms with E-state index >= 15 is 0 Å². The molecule has 0 unspecified atom stereocenters. The van der Waals surface area contributed by atoms with Crippen molar-refractivity contribution in [1.82, 2.24) is 10.2 Å². The lowest BCUT2D eigenvalue weighted by Crippen LogP contribution is -2.36. The van der Waals surface area contributed by atoms with Gasteiger partial charge >= 0.3 is 0 Å². The molecule has 3 rings (SSSR count). The maximum absolute atomic E-state index is 9.50. The molecule has 1 aliphatic heterocycles. The molecular formula is C16H19N5O. The SMILES string of the molecule is Cc1cc(C)cc(Nc2[nH]nc(N3CCOCC3)c2C#N)c1. The van der Waals surface area contributed by atoms with Gasteiger partial charge in [0.15, 0.2) is 5.82 Å². The van der Waals surface area contributed by atoms with Gasteiger partial charge in [-0.05, 0) is 37.1 Å². The number of nitrogens with zero attached hydrogens (tertiary/aromatic N) is 3. The lowest BCUT2D eigenvalue weighted by atomic mass is 10.1. The Hall–Kier alpha value is -2.52. The number of aromatic amines is 1. The zero-order valence-corrected chi connectivity index (χ0v) is 12.8. The minimum atomic E-state index is 0.543. The number of anilines is 3. The van der Waals surface area contributed by atoms with Gasteiger partial charge in [0.05, 0.1) is 13.2 Å². The van der Waals surface area contributed by atoms with Crippen LogP contribution in [0.25, 0.3) is 0 Å². The molecule has 0 bridgehead atoms. The fourth-order valence-electron chi connectivity index (χ4n) is 2.72. The van der Waals surface area contributed by atoms with E-state index in [9.17, 15) is 5.26 Å². The van der Waals surface area contributed by atoms with Crippen LogP contribution in [-0.4, -0.2) is 36.5 Å². The van der Waals surface area contributed by atoms with Crippen LogP contribution >= 0.6 is 0 Å². The Kier molecular flexibility index (Phi) is 3.98. The van der Waals surface area contributed by atoms with E-state index in [1.807, 2.05) is 12.1 Å². The number of ether oxygens (including phenoxy) is 1. The second kappa shape index (κ2) is 6.08. The predicted octanol–water partition coefficient (Wildman–Crippen LogP) is 2.48. The monoisotopic (exact) mass is 297 g/mol. The highest BCUT2D eigenvalue weighted by molar-refractivity contribution is 5.71. The summed E-state index contributed by atoms with van der Waals surface area (Å²) in [6.45, 7) is 6.94. The van der Waals surface area contributed by atoms with Crippen LogP contribution < -0.4 is 10.2 Å². The molecule has 6 nitrogen and oxygen atoms in total. The zero-order valence-electron chi connectivity index (χ0n) is 12.8. The second-order valence-electron chi connectivity index (χ2n) is 5.51. The smallest absolute Gasteiger partial charge is 0.170 e. The molecule has 0 radical (unpaired) electrons. The highest BCUT2D eigenvalue weighted by atomic mass is 16.5. The third-order valence-electron chi connectivity index (χ3n) is 3.66. The van der Waals surface area contributed by atoms with Crippen molar-refractivity contribution < 1.29 is 4.74 Å². The molecule has 0 spiro atoms. The summed E-state index contributed by atoms with van der Waals surface area (Å²) in [5.74, 6) is 1.33. The number of hydrogen-bond donors (Lipinski definition) is 2. The molecule has 0 atom stereocenters. The van der Waals surface area contributed by atoms with Gasteiger partial charge in [0.25, 0.3) is 0 Å². The number of hydrogen-bond acceptors (Lipinski definition) is 5. The number of H-pyrrole nitrogens is 1. The molecule has 2 aromatic rings. The van der Waals surface area contributed by atoms with Crippen LogP contribution in [0.5, 0.6) is 0 Å². The number of nitriles is 1. The number of aromatic nitrogens is 2. The molecule has 22 heavy (non-hydrogen) atoms. The molecule has 114 valence electrons. The van der Waals surface area contributed by atoms with Crippen LogP contribution in [0.15, 0.2) is 18.2 Å². The van der Waals surface area contributed by atoms with Crippen molar-refractivity contribution in [3.8, 4) is 6.07 Å². The summed E-state index contributed by atoms with van der Waals surface area (Å²) in [6.07, 6.45) is 0. The van der Waals surface area contributed by atoms with Crippen molar-refractivity contribution >= 4 is 17.3 Å². The van der Waals surface area contributed by atoms with Crippen molar-refractivity contribution in [2.75, 3.05) is 36.5 Å². The Bertz CT molecular complexity index is 690. The number of morpholine rings is 1. The normalized spacial score (nSPS) is 14.7. The summed E-state index contributed by atoms with van der Waals surface area (Å²) < 4.78 is 5.35. The Morgan fingerprint density at radius 2 is 1.91 bits per heavy atom. The third-order valence-corrected chi connectivity index (χ3v) is 3.66. The van der Waals surface area contributed by atoms with Crippen LogP contribution in [-0.2, 0) is 4.74 Å². The molecule has 1 aromatic heterocycles. The van der Waals surface area contributed by atoms with Crippen molar-refractivity contribution in [2.24, 2.45) is 0 Å². The number of nitrogens with one attached hydrogen (secondary N) is 2. The number of aryl methyl sites for hydroxylation is 2. The average Bonchev–Trinajstić information content (AvgIpc) is 2.89. The van der Waals surface area contributed by atoms with E-state index in [4.69, 9.17) is 4.74 Å². The Balaban J connectivity index is 1.88. The Morgan fingerprint density at radius 3 is 2.55 bits per heavy atom. The summed E-state index contributed by atoms with van der Waals surface area (Å²) in [6, 6.07) is 8.46. The van der Waals surface area contributed by atoms with E-state index in [0.29, 0.717) is 30.4 Å². The molecule has 1 saturated heterocycles. The Morgan fingerprint density at radius 1 is 1.23 bits per heavy atom. The molecule has 6 heteroatoms. The second-order valence-corrected chi connectivity index (χ2v) is 5.51. The first kappa shape index (κ1) is 14.4. The van der Waals surface area contributed by atoms with Crippen molar-refractivity contribution in [3.63, 3.8) is 0 Å². The quantitative estimate of drug-likeness (QED) is 0.910. The van der Waals surface area contributed by atoms with E-state index in [1.54, 1.807) is 0 Å². The van der Waals surface area contributed by atoms with E-state index in [1.165, 1.54) is 11.1 Å². The Labute approximate surface area is 129 Å². The average molecular weight is 297 g/mol. The van der Waals surface area contributed by atoms with Gasteiger partial charge in [0.2, 0.25) is 0 Å². The van der Waals surface area contributed by atoms with E-state index in [0.717, 1.165) is 18.8 Å². The number of rotatable bonds is 3. The van der Waals surface area contributed by atoms with Crippen LogP contribution in [0.3, 0.4) is 0 Å². The number of benzene rings is 1. The maximum Gasteiger partial charge on any atom is 0.170 e. The van der Waals surface area contributed by atoms with Gasteiger partial charge in [0, 0.05) is 18.8 Å². The van der Waals surface area contributed by atoms with Gasteiger partial charge < -0.3 is 15.0 Å². The van der Waals surface area contributed by atoms with Gasteiger partial charge in [-0.3, -0.25) is 5.10 Å². The van der Waals surface area contributed by atoms with Gasteiger partial charge in [0.1, 0.15) is 17.5 Å². The summed E-state index contributed by atoms with van der Waals surface area (Å²) in [7, 11) is 0. The summed E-state index contributed by atoms with van der Waals surface area (Å²) in [5.41, 5.74) is 3.84. The third kappa shape index (κ3) is 2.90. The largest absolute Gasteiger partial charge is 0.378 e. The molecule has 2 N–H and O–H groups in total. The minimum Gasteiger partial charge on any atom is -0.378 e. The topological polar surface area (TPSA) is 77.0 Å². The van der Waals surface area contributed by atoms with Crippen LogP contribution in [0.2, 0.25) is 0 Å². The van der Waals surface area contributed by atoms with E-state index in [2.05, 4.69) is 46.4 Å². The maximum atomic E-state index is 9.50. The van der Waals surface area contributed by atoms with E-state index < -0.39 is 0 Å². The molecule has 2 heterocycles. The highest BCUT2D eigenvalue weighted by Crippen LogP contribution is 2.27. The fourth-order valence-corrected chi connectivity index (χ4v) is 2.72. The van der Waals surface area contributed by atoms with Crippen LogP contribution in [0, 0.1) is 25.2 Å². The first-order valence-electron chi connectivity index (χ1n) is 7.34. The molecule has 1 fully saturated rings. The molecular weight excluding hydrogens is 278 g/mol. The lowest BCUT2D eigenvalue weighted by Gasteiger charge is -2.26. The van der Waals surface area contributed by atoms with Gasteiger partial charge in [-0.1, -0.05) is 6.07 Å². The summed E-state index contributed by atoms with van der Waals surface area (Å²) in [5, 5.41) is 20.0. The van der Waals surface area contributed by atoms with Gasteiger partial charge in [-0.15, -0.1) is 0 Å². The van der Waals surface area contributed by atoms with Crippen LogP contribution in [0.1, 0.15) is 16.7 Å². The summed E-state index contributed by atoms with van der Waals surface area (Å²) in [4.78, 5) is 2.07. The van der Waals surface area contributed by atoms with Gasteiger partial charge in [-0.25, -0.2) is 0 Å². The first-order valence-corrected chi connectivity index (χ1v) is 7.34. The van der Waals surface area contributed by atoms with Crippen molar-refractivity contribution in [2.45, 2.75) is 13.8 Å². The molecule has 1 aromatic carbocycles. The van der Waals surface area contributed by atoms with Crippen molar-refractivity contribution in [3.05, 3.63) is 34.9 Å². The van der Waals surface area contributed by atoms with E-state index in [-0.39, 0.29) is 0 Å². The predicted molar refractivity (Wildman–Crippen MR) is 85.5 cm³/mol.